The van der Waals surface area contributed by atoms with E-state index in [1.165, 1.54) is 5.56 Å². The van der Waals surface area contributed by atoms with Gasteiger partial charge in [0.1, 0.15) is 0 Å². The molecule has 1 aromatic carbocycles. The molecule has 0 aliphatic heterocycles. The van der Waals surface area contributed by atoms with Crippen LogP contribution in [0, 0.1) is 11.3 Å². The molecule has 1 heterocycles. The molecule has 0 radical (unpaired) electrons. The Morgan fingerprint density at radius 3 is 2.37 bits per heavy atom. The third-order valence-corrected chi connectivity index (χ3v) is 3.02. The van der Waals surface area contributed by atoms with Crippen LogP contribution in [0.2, 0.25) is 0 Å². The topological polar surface area (TPSA) is 48.7 Å². The van der Waals surface area contributed by atoms with Crippen molar-refractivity contribution in [3.8, 4) is 6.07 Å². The Bertz CT molecular complexity index is 491. The van der Waals surface area contributed by atoms with E-state index in [1.807, 2.05) is 37.3 Å². The molecule has 2 atom stereocenters. The fraction of sp³-hybridized carbons (Fsp3) is 0.250. The molecular formula is C16H17N3. The standard InChI is InChI=1S/C16H17N3/c1-13(7-10-17)19-16(14-5-3-2-4-6-14)15-8-11-18-12-9-15/h2-6,8-9,11-13,16,19H,7H2,1H3. The van der Waals surface area contributed by atoms with Crippen molar-refractivity contribution in [2.24, 2.45) is 0 Å². The van der Waals surface area contributed by atoms with Gasteiger partial charge in [-0.25, -0.2) is 0 Å². The van der Waals surface area contributed by atoms with Crippen LogP contribution in [0.1, 0.15) is 30.5 Å². The number of hydrogen-bond acceptors (Lipinski definition) is 3. The van der Waals surface area contributed by atoms with Crippen molar-refractivity contribution >= 4 is 0 Å². The van der Waals surface area contributed by atoms with Gasteiger partial charge < -0.3 is 5.32 Å². The molecule has 2 aromatic rings. The molecule has 3 nitrogen and oxygen atoms in total. The predicted molar refractivity (Wildman–Crippen MR) is 75.3 cm³/mol. The van der Waals surface area contributed by atoms with Gasteiger partial charge in [-0.15, -0.1) is 0 Å². The largest absolute Gasteiger partial charge is 0.303 e. The molecule has 0 aliphatic carbocycles. The van der Waals surface area contributed by atoms with Gasteiger partial charge in [0.05, 0.1) is 18.5 Å². The Morgan fingerprint density at radius 1 is 1.11 bits per heavy atom. The van der Waals surface area contributed by atoms with Crippen molar-refractivity contribution in [3.63, 3.8) is 0 Å². The molecule has 3 heteroatoms. The van der Waals surface area contributed by atoms with Gasteiger partial charge in [0.25, 0.3) is 0 Å². The maximum Gasteiger partial charge on any atom is 0.0638 e. The lowest BCUT2D eigenvalue weighted by Gasteiger charge is -2.23. The van der Waals surface area contributed by atoms with Gasteiger partial charge in [-0.3, -0.25) is 4.98 Å². The summed E-state index contributed by atoms with van der Waals surface area (Å²) in [4.78, 5) is 4.06. The van der Waals surface area contributed by atoms with Crippen LogP contribution in [-0.2, 0) is 0 Å². The van der Waals surface area contributed by atoms with E-state index in [0.29, 0.717) is 6.42 Å². The number of pyridine rings is 1. The number of aromatic nitrogens is 1. The molecule has 0 spiro atoms. The van der Waals surface area contributed by atoms with Crippen LogP contribution in [0.4, 0.5) is 0 Å². The summed E-state index contributed by atoms with van der Waals surface area (Å²) < 4.78 is 0. The molecule has 0 fully saturated rings. The van der Waals surface area contributed by atoms with E-state index in [1.54, 1.807) is 12.4 Å². The summed E-state index contributed by atoms with van der Waals surface area (Å²) in [6, 6.07) is 16.7. The number of benzene rings is 1. The van der Waals surface area contributed by atoms with Crippen LogP contribution in [-0.4, -0.2) is 11.0 Å². The second-order valence-corrected chi connectivity index (χ2v) is 4.55. The zero-order chi connectivity index (χ0) is 13.5. The lowest BCUT2D eigenvalue weighted by molar-refractivity contribution is 0.505. The van der Waals surface area contributed by atoms with E-state index < -0.39 is 0 Å². The third-order valence-electron chi connectivity index (χ3n) is 3.02. The molecule has 1 N–H and O–H groups in total. The summed E-state index contributed by atoms with van der Waals surface area (Å²) in [5.74, 6) is 0. The smallest absolute Gasteiger partial charge is 0.0638 e. The minimum Gasteiger partial charge on any atom is -0.303 e. The Hall–Kier alpha value is -2.18. The van der Waals surface area contributed by atoms with Crippen molar-refractivity contribution in [3.05, 3.63) is 66.0 Å². The fourth-order valence-electron chi connectivity index (χ4n) is 2.07. The van der Waals surface area contributed by atoms with Crippen LogP contribution in [0.15, 0.2) is 54.9 Å². The van der Waals surface area contributed by atoms with E-state index in [-0.39, 0.29) is 12.1 Å². The summed E-state index contributed by atoms with van der Waals surface area (Å²) in [5.41, 5.74) is 2.35. The summed E-state index contributed by atoms with van der Waals surface area (Å²) in [5, 5.41) is 12.3. The van der Waals surface area contributed by atoms with E-state index in [0.717, 1.165) is 5.56 Å². The number of hydrogen-bond donors (Lipinski definition) is 1. The van der Waals surface area contributed by atoms with Crippen LogP contribution < -0.4 is 5.32 Å². The highest BCUT2D eigenvalue weighted by Gasteiger charge is 2.15. The highest BCUT2D eigenvalue weighted by atomic mass is 14.9. The van der Waals surface area contributed by atoms with E-state index in [9.17, 15) is 0 Å². The average molecular weight is 251 g/mol. The molecule has 0 amide bonds. The predicted octanol–water partition coefficient (Wildman–Crippen LogP) is 3.06. The van der Waals surface area contributed by atoms with E-state index >= 15 is 0 Å². The van der Waals surface area contributed by atoms with Gasteiger partial charge in [0.15, 0.2) is 0 Å². The first-order valence-electron chi connectivity index (χ1n) is 6.39. The van der Waals surface area contributed by atoms with E-state index in [2.05, 4.69) is 28.5 Å². The Balaban J connectivity index is 2.27. The van der Waals surface area contributed by atoms with Crippen LogP contribution in [0.5, 0.6) is 0 Å². The number of nitrogens with one attached hydrogen (secondary N) is 1. The number of rotatable bonds is 5. The normalized spacial score (nSPS) is 13.5. The zero-order valence-corrected chi connectivity index (χ0v) is 11.0. The lowest BCUT2D eigenvalue weighted by atomic mass is 9.98. The summed E-state index contributed by atoms with van der Waals surface area (Å²) >= 11 is 0. The number of nitriles is 1. The van der Waals surface area contributed by atoms with Gasteiger partial charge in [-0.1, -0.05) is 30.3 Å². The molecule has 0 bridgehead atoms. The van der Waals surface area contributed by atoms with Gasteiger partial charge in [0.2, 0.25) is 0 Å². The average Bonchev–Trinajstić information content (AvgIpc) is 2.47. The molecule has 19 heavy (non-hydrogen) atoms. The molecule has 2 rings (SSSR count). The highest BCUT2D eigenvalue weighted by molar-refractivity contribution is 5.30. The summed E-state index contributed by atoms with van der Waals surface area (Å²) in [6.45, 7) is 2.03. The molecule has 0 saturated heterocycles. The lowest BCUT2D eigenvalue weighted by Crippen LogP contribution is -2.31. The first-order valence-corrected chi connectivity index (χ1v) is 6.39. The SMILES string of the molecule is CC(CC#N)NC(c1ccccc1)c1ccncc1. The van der Waals surface area contributed by atoms with Crippen molar-refractivity contribution in [2.75, 3.05) is 0 Å². The van der Waals surface area contributed by atoms with Gasteiger partial charge in [0, 0.05) is 18.4 Å². The quantitative estimate of drug-likeness (QED) is 0.888. The Morgan fingerprint density at radius 2 is 1.74 bits per heavy atom. The van der Waals surface area contributed by atoms with Crippen LogP contribution in [0.3, 0.4) is 0 Å². The first-order chi connectivity index (χ1) is 9.31. The van der Waals surface area contributed by atoms with Crippen LogP contribution in [0.25, 0.3) is 0 Å². The second kappa shape index (κ2) is 6.67. The molecule has 2 unspecified atom stereocenters. The molecule has 0 saturated carbocycles. The molecule has 0 aliphatic rings. The number of nitrogens with zero attached hydrogens (tertiary/aromatic N) is 2. The minimum atomic E-state index is 0.0903. The van der Waals surface area contributed by atoms with Gasteiger partial charge >= 0.3 is 0 Å². The zero-order valence-electron chi connectivity index (χ0n) is 11.0. The first kappa shape index (κ1) is 13.3. The molecule has 96 valence electrons. The maximum atomic E-state index is 8.79. The van der Waals surface area contributed by atoms with Crippen molar-refractivity contribution in [2.45, 2.75) is 25.4 Å². The maximum absolute atomic E-state index is 8.79. The monoisotopic (exact) mass is 251 g/mol. The van der Waals surface area contributed by atoms with E-state index in [4.69, 9.17) is 5.26 Å². The summed E-state index contributed by atoms with van der Waals surface area (Å²) in [7, 11) is 0. The highest BCUT2D eigenvalue weighted by Crippen LogP contribution is 2.22. The van der Waals surface area contributed by atoms with Crippen molar-refractivity contribution in [1.29, 1.82) is 5.26 Å². The van der Waals surface area contributed by atoms with Gasteiger partial charge in [-0.2, -0.15) is 5.26 Å². The van der Waals surface area contributed by atoms with Crippen molar-refractivity contribution < 1.29 is 0 Å². The Labute approximate surface area is 113 Å². The van der Waals surface area contributed by atoms with Gasteiger partial charge in [-0.05, 0) is 30.2 Å². The summed E-state index contributed by atoms with van der Waals surface area (Å²) in [6.07, 6.45) is 4.08. The molecular weight excluding hydrogens is 234 g/mol. The Kier molecular flexibility index (Phi) is 4.66. The second-order valence-electron chi connectivity index (χ2n) is 4.55. The van der Waals surface area contributed by atoms with Crippen molar-refractivity contribution in [1.82, 2.24) is 10.3 Å². The third kappa shape index (κ3) is 3.64. The minimum absolute atomic E-state index is 0.0903. The fourth-order valence-corrected chi connectivity index (χ4v) is 2.07. The van der Waals surface area contributed by atoms with Crippen LogP contribution >= 0.6 is 0 Å². The molecule has 1 aromatic heterocycles.